The van der Waals surface area contributed by atoms with Gasteiger partial charge in [0.2, 0.25) is 0 Å². The SMILES string of the molecule is CN(C)CC(C)(C)CNc1cc(-c2ccc3ccccc3c2)nc2ccccc12. The molecule has 3 heteroatoms. The molecule has 4 rings (SSSR count). The van der Waals surface area contributed by atoms with Gasteiger partial charge >= 0.3 is 0 Å². The average molecular weight is 384 g/mol. The van der Waals surface area contributed by atoms with Crippen LogP contribution in [0, 0.1) is 5.41 Å². The molecule has 29 heavy (non-hydrogen) atoms. The van der Waals surface area contributed by atoms with Crippen molar-refractivity contribution < 1.29 is 0 Å². The van der Waals surface area contributed by atoms with Crippen molar-refractivity contribution in [3.63, 3.8) is 0 Å². The van der Waals surface area contributed by atoms with Crippen molar-refractivity contribution in [2.24, 2.45) is 5.41 Å². The standard InChI is InChI=1S/C26H29N3/c1-26(2,18-29(3)4)17-27-25-16-24(28-23-12-8-7-11-22(23)25)21-14-13-19-9-5-6-10-20(19)15-21/h5-16H,17-18H2,1-4H3,(H,27,28). The van der Waals surface area contributed by atoms with Crippen molar-refractivity contribution in [1.82, 2.24) is 9.88 Å². The molecule has 1 aromatic heterocycles. The highest BCUT2D eigenvalue weighted by Crippen LogP contribution is 2.31. The highest BCUT2D eigenvalue weighted by molar-refractivity contribution is 5.95. The Balaban J connectivity index is 1.74. The number of benzene rings is 3. The van der Waals surface area contributed by atoms with Gasteiger partial charge in [0.15, 0.2) is 0 Å². The minimum absolute atomic E-state index is 0.164. The van der Waals surface area contributed by atoms with Crippen LogP contribution in [0.2, 0.25) is 0 Å². The second kappa shape index (κ2) is 7.84. The number of nitrogens with zero attached hydrogens (tertiary/aromatic N) is 2. The molecule has 0 aliphatic carbocycles. The molecule has 0 bridgehead atoms. The monoisotopic (exact) mass is 383 g/mol. The van der Waals surface area contributed by atoms with E-state index in [1.807, 2.05) is 0 Å². The minimum Gasteiger partial charge on any atom is -0.384 e. The summed E-state index contributed by atoms with van der Waals surface area (Å²) in [6.07, 6.45) is 0. The molecule has 0 radical (unpaired) electrons. The first-order valence-electron chi connectivity index (χ1n) is 10.2. The lowest BCUT2D eigenvalue weighted by molar-refractivity contribution is 0.254. The van der Waals surface area contributed by atoms with E-state index in [1.165, 1.54) is 10.8 Å². The minimum atomic E-state index is 0.164. The van der Waals surface area contributed by atoms with Crippen molar-refractivity contribution in [3.05, 3.63) is 72.8 Å². The quantitative estimate of drug-likeness (QED) is 0.439. The number of rotatable bonds is 6. The Morgan fingerprint density at radius 3 is 2.38 bits per heavy atom. The Bertz CT molecular complexity index is 1140. The Morgan fingerprint density at radius 1 is 0.862 bits per heavy atom. The molecular weight excluding hydrogens is 354 g/mol. The van der Waals surface area contributed by atoms with Crippen LogP contribution in [0.5, 0.6) is 0 Å². The molecule has 0 spiro atoms. The van der Waals surface area contributed by atoms with Crippen molar-refractivity contribution in [1.29, 1.82) is 0 Å². The highest BCUT2D eigenvalue weighted by Gasteiger charge is 2.19. The number of hydrogen-bond acceptors (Lipinski definition) is 3. The topological polar surface area (TPSA) is 28.2 Å². The van der Waals surface area contributed by atoms with Gasteiger partial charge in [0.05, 0.1) is 11.2 Å². The Hall–Kier alpha value is -2.91. The van der Waals surface area contributed by atoms with E-state index in [-0.39, 0.29) is 5.41 Å². The summed E-state index contributed by atoms with van der Waals surface area (Å²) in [5.74, 6) is 0. The van der Waals surface area contributed by atoms with Gasteiger partial charge < -0.3 is 10.2 Å². The van der Waals surface area contributed by atoms with Crippen LogP contribution in [-0.2, 0) is 0 Å². The van der Waals surface area contributed by atoms with Crippen LogP contribution in [-0.4, -0.2) is 37.1 Å². The van der Waals surface area contributed by atoms with Crippen molar-refractivity contribution in [3.8, 4) is 11.3 Å². The maximum absolute atomic E-state index is 4.96. The van der Waals surface area contributed by atoms with Crippen LogP contribution in [0.3, 0.4) is 0 Å². The van der Waals surface area contributed by atoms with E-state index in [2.05, 4.69) is 111 Å². The second-order valence-corrected chi connectivity index (χ2v) is 8.89. The fraction of sp³-hybridized carbons (Fsp3) is 0.269. The number of fused-ring (bicyclic) bond motifs is 2. The normalized spacial score (nSPS) is 12.0. The molecule has 0 amide bonds. The van der Waals surface area contributed by atoms with Gasteiger partial charge in [-0.3, -0.25) is 0 Å². The molecule has 0 aliphatic rings. The van der Waals surface area contributed by atoms with Gasteiger partial charge in [-0.1, -0.05) is 68.4 Å². The van der Waals surface area contributed by atoms with Gasteiger partial charge in [-0.05, 0) is 48.5 Å². The molecule has 4 aromatic rings. The van der Waals surface area contributed by atoms with Gasteiger partial charge in [-0.15, -0.1) is 0 Å². The second-order valence-electron chi connectivity index (χ2n) is 8.89. The Morgan fingerprint density at radius 2 is 1.59 bits per heavy atom. The van der Waals surface area contributed by atoms with Crippen molar-refractivity contribution >= 4 is 27.4 Å². The molecule has 1 heterocycles. The van der Waals surface area contributed by atoms with E-state index in [0.29, 0.717) is 0 Å². The zero-order valence-electron chi connectivity index (χ0n) is 17.7. The molecule has 0 fully saturated rings. The summed E-state index contributed by atoms with van der Waals surface area (Å²) < 4.78 is 0. The third-order valence-corrected chi connectivity index (χ3v) is 5.26. The molecule has 0 atom stereocenters. The smallest absolute Gasteiger partial charge is 0.0730 e. The van der Waals surface area contributed by atoms with Crippen LogP contribution >= 0.6 is 0 Å². The number of aromatic nitrogens is 1. The zero-order chi connectivity index (χ0) is 20.4. The van der Waals surface area contributed by atoms with Gasteiger partial charge in [0.1, 0.15) is 0 Å². The lowest BCUT2D eigenvalue weighted by Crippen LogP contribution is -2.34. The van der Waals surface area contributed by atoms with Crippen molar-refractivity contribution in [2.75, 3.05) is 32.5 Å². The fourth-order valence-electron chi connectivity index (χ4n) is 4.06. The summed E-state index contributed by atoms with van der Waals surface area (Å²) >= 11 is 0. The predicted octanol–water partition coefficient (Wildman–Crippen LogP) is 6.05. The van der Waals surface area contributed by atoms with Crippen LogP contribution in [0.4, 0.5) is 5.69 Å². The van der Waals surface area contributed by atoms with Crippen LogP contribution in [0.15, 0.2) is 72.8 Å². The summed E-state index contributed by atoms with van der Waals surface area (Å²) in [5.41, 5.74) is 4.47. The molecule has 1 N–H and O–H groups in total. The third-order valence-electron chi connectivity index (χ3n) is 5.26. The Kier molecular flexibility index (Phi) is 5.25. The van der Waals surface area contributed by atoms with E-state index in [4.69, 9.17) is 4.98 Å². The third kappa shape index (κ3) is 4.41. The van der Waals surface area contributed by atoms with Crippen LogP contribution < -0.4 is 5.32 Å². The first kappa shape index (κ1) is 19.4. The van der Waals surface area contributed by atoms with Crippen LogP contribution in [0.25, 0.3) is 32.9 Å². The van der Waals surface area contributed by atoms with E-state index >= 15 is 0 Å². The first-order chi connectivity index (χ1) is 13.9. The lowest BCUT2D eigenvalue weighted by Gasteiger charge is -2.29. The van der Waals surface area contributed by atoms with Crippen molar-refractivity contribution in [2.45, 2.75) is 13.8 Å². The molecule has 0 unspecified atom stereocenters. The highest BCUT2D eigenvalue weighted by atomic mass is 15.1. The van der Waals surface area contributed by atoms with E-state index in [0.717, 1.165) is 40.9 Å². The predicted molar refractivity (Wildman–Crippen MR) is 126 cm³/mol. The molecule has 148 valence electrons. The van der Waals surface area contributed by atoms with Crippen LogP contribution in [0.1, 0.15) is 13.8 Å². The fourth-order valence-corrected chi connectivity index (χ4v) is 4.06. The Labute approximate surface area is 173 Å². The number of hydrogen-bond donors (Lipinski definition) is 1. The molecule has 3 aromatic carbocycles. The van der Waals surface area contributed by atoms with Gasteiger partial charge in [0, 0.05) is 29.7 Å². The molecular formula is C26H29N3. The summed E-state index contributed by atoms with van der Waals surface area (Å²) in [7, 11) is 4.25. The van der Waals surface area contributed by atoms with E-state index in [1.54, 1.807) is 0 Å². The number of anilines is 1. The van der Waals surface area contributed by atoms with Gasteiger partial charge in [-0.25, -0.2) is 4.98 Å². The summed E-state index contributed by atoms with van der Waals surface area (Å²) in [6, 6.07) is 25.6. The van der Waals surface area contributed by atoms with Gasteiger partial charge in [-0.2, -0.15) is 0 Å². The molecule has 3 nitrogen and oxygen atoms in total. The zero-order valence-corrected chi connectivity index (χ0v) is 17.7. The van der Waals surface area contributed by atoms with Gasteiger partial charge in [0.25, 0.3) is 0 Å². The number of pyridine rings is 1. The largest absolute Gasteiger partial charge is 0.384 e. The number of nitrogens with one attached hydrogen (secondary N) is 1. The number of para-hydroxylation sites is 1. The first-order valence-corrected chi connectivity index (χ1v) is 10.2. The van der Waals surface area contributed by atoms with E-state index in [9.17, 15) is 0 Å². The maximum Gasteiger partial charge on any atom is 0.0730 e. The average Bonchev–Trinajstić information content (AvgIpc) is 2.70. The lowest BCUT2D eigenvalue weighted by atomic mass is 9.92. The van der Waals surface area contributed by atoms with E-state index < -0.39 is 0 Å². The summed E-state index contributed by atoms with van der Waals surface area (Å²) in [6.45, 7) is 6.53. The molecule has 0 aliphatic heterocycles. The summed E-state index contributed by atoms with van der Waals surface area (Å²) in [5, 5.41) is 7.37. The maximum atomic E-state index is 4.96. The molecule has 0 saturated carbocycles. The summed E-state index contributed by atoms with van der Waals surface area (Å²) in [4.78, 5) is 7.20. The molecule has 0 saturated heterocycles.